The van der Waals surface area contributed by atoms with E-state index < -0.39 is 11.9 Å². The van der Waals surface area contributed by atoms with E-state index in [1.807, 2.05) is 30.6 Å². The molecular weight excluding hydrogens is 500 g/mol. The summed E-state index contributed by atoms with van der Waals surface area (Å²) in [5.41, 5.74) is 0.543. The number of hydrogen-bond acceptors (Lipinski definition) is 7. The second kappa shape index (κ2) is 14.1. The molecule has 3 heterocycles. The largest absolute Gasteiger partial charge is 0.478 e. The lowest BCUT2D eigenvalue weighted by atomic mass is 9.97. The van der Waals surface area contributed by atoms with E-state index in [1.54, 1.807) is 17.0 Å². The molecule has 1 aromatic carbocycles. The molecule has 1 atom stereocenters. The van der Waals surface area contributed by atoms with E-state index in [1.165, 1.54) is 6.26 Å². The number of rotatable bonds is 8. The van der Waals surface area contributed by atoms with Crippen LogP contribution in [0.5, 0.6) is 5.75 Å². The highest BCUT2D eigenvalue weighted by molar-refractivity contribution is 6.30. The fraction of sp³-hybridized carbons (Fsp3) is 0.346. The molecule has 1 saturated heterocycles. The van der Waals surface area contributed by atoms with Crippen LogP contribution in [0, 0.1) is 0 Å². The molecule has 1 unspecified atom stereocenters. The van der Waals surface area contributed by atoms with Gasteiger partial charge in [-0.15, -0.1) is 0 Å². The molecule has 196 valence electrons. The predicted molar refractivity (Wildman–Crippen MR) is 136 cm³/mol. The van der Waals surface area contributed by atoms with Gasteiger partial charge in [-0.05, 0) is 57.0 Å². The predicted octanol–water partition coefficient (Wildman–Crippen LogP) is 3.72. The number of halogens is 1. The Morgan fingerprint density at radius 1 is 1.05 bits per heavy atom. The number of carboxylic acids is 2. The van der Waals surface area contributed by atoms with Crippen LogP contribution in [0.2, 0.25) is 0 Å². The van der Waals surface area contributed by atoms with Gasteiger partial charge in [-0.3, -0.25) is 9.69 Å². The van der Waals surface area contributed by atoms with Gasteiger partial charge >= 0.3 is 11.9 Å². The van der Waals surface area contributed by atoms with Crippen LogP contribution >= 0.6 is 11.6 Å². The normalized spacial score (nSPS) is 17.6. The third-order valence-corrected chi connectivity index (χ3v) is 6.13. The lowest BCUT2D eigenvalue weighted by molar-refractivity contribution is -0.134. The van der Waals surface area contributed by atoms with E-state index in [0.29, 0.717) is 41.1 Å². The average Bonchev–Trinajstić information content (AvgIpc) is 3.02. The first kappa shape index (κ1) is 27.8. The van der Waals surface area contributed by atoms with Crippen LogP contribution in [0.15, 0.2) is 66.3 Å². The summed E-state index contributed by atoms with van der Waals surface area (Å²) in [7, 11) is 0. The van der Waals surface area contributed by atoms with Crippen molar-refractivity contribution in [3.63, 3.8) is 0 Å². The highest BCUT2D eigenvalue weighted by Crippen LogP contribution is 2.28. The van der Waals surface area contributed by atoms with E-state index >= 15 is 0 Å². The first-order chi connectivity index (χ1) is 17.8. The van der Waals surface area contributed by atoms with E-state index in [2.05, 4.69) is 14.9 Å². The zero-order valence-electron chi connectivity index (χ0n) is 20.2. The minimum atomic E-state index is -1.26. The van der Waals surface area contributed by atoms with E-state index in [9.17, 15) is 14.4 Å². The van der Waals surface area contributed by atoms with Crippen molar-refractivity contribution in [3.05, 3.63) is 77.7 Å². The summed E-state index contributed by atoms with van der Waals surface area (Å²) < 4.78 is 5.54. The number of ether oxygens (including phenoxy) is 1. The summed E-state index contributed by atoms with van der Waals surface area (Å²) in [5, 5.41) is 15.9. The average molecular weight is 529 g/mol. The Morgan fingerprint density at radius 3 is 2.43 bits per heavy atom. The minimum absolute atomic E-state index is 0.112. The molecule has 37 heavy (non-hydrogen) atoms. The Bertz CT molecular complexity index is 1120. The number of nitrogens with zero attached hydrogens (tertiary/aromatic N) is 4. The third-order valence-electron chi connectivity index (χ3n) is 5.83. The lowest BCUT2D eigenvalue weighted by Gasteiger charge is -2.32. The van der Waals surface area contributed by atoms with Gasteiger partial charge in [0.05, 0.1) is 5.56 Å². The van der Waals surface area contributed by atoms with Gasteiger partial charge in [0.1, 0.15) is 23.0 Å². The molecule has 0 spiro atoms. The highest BCUT2D eigenvalue weighted by atomic mass is 35.5. The molecule has 0 saturated carbocycles. The molecule has 2 N–H and O–H groups in total. The lowest BCUT2D eigenvalue weighted by Crippen LogP contribution is -2.36. The Morgan fingerprint density at radius 2 is 1.73 bits per heavy atom. The van der Waals surface area contributed by atoms with Gasteiger partial charge in [-0.25, -0.2) is 19.6 Å². The van der Waals surface area contributed by atoms with Crippen LogP contribution in [0.1, 0.15) is 47.8 Å². The quantitative estimate of drug-likeness (QED) is 0.298. The molecule has 1 fully saturated rings. The first-order valence-corrected chi connectivity index (χ1v) is 12.3. The molecular formula is C26H29ClN4O6. The number of aliphatic carboxylic acids is 2. The van der Waals surface area contributed by atoms with Crippen molar-refractivity contribution in [2.75, 3.05) is 26.2 Å². The molecule has 10 nitrogen and oxygen atoms in total. The van der Waals surface area contributed by atoms with Crippen molar-refractivity contribution in [2.45, 2.75) is 31.6 Å². The van der Waals surface area contributed by atoms with E-state index in [-0.39, 0.29) is 5.91 Å². The van der Waals surface area contributed by atoms with E-state index in [0.717, 1.165) is 51.1 Å². The van der Waals surface area contributed by atoms with Gasteiger partial charge < -0.3 is 19.8 Å². The number of benzene rings is 1. The molecule has 1 aromatic heterocycles. The number of piperidine rings is 1. The number of carbonyl (C=O) groups excluding carboxylic acids is 1. The molecule has 2 aliphatic rings. The highest BCUT2D eigenvalue weighted by Gasteiger charge is 2.26. The fourth-order valence-corrected chi connectivity index (χ4v) is 4.32. The Balaban J connectivity index is 0.000000414. The number of carboxylic acid groups (broad SMARTS) is 2. The Kier molecular flexibility index (Phi) is 10.6. The van der Waals surface area contributed by atoms with Gasteiger partial charge in [-0.2, -0.15) is 0 Å². The van der Waals surface area contributed by atoms with Gasteiger partial charge in [-0.1, -0.05) is 23.7 Å². The van der Waals surface area contributed by atoms with Gasteiger partial charge in [0.25, 0.3) is 5.91 Å². The van der Waals surface area contributed by atoms with Crippen LogP contribution < -0.4 is 4.74 Å². The first-order valence-electron chi connectivity index (χ1n) is 11.9. The second-order valence-electron chi connectivity index (χ2n) is 8.48. The van der Waals surface area contributed by atoms with Crippen molar-refractivity contribution in [1.82, 2.24) is 19.8 Å². The smallest absolute Gasteiger partial charge is 0.328 e. The van der Waals surface area contributed by atoms with Gasteiger partial charge in [0.15, 0.2) is 0 Å². The number of unbranched alkanes of at least 4 members (excludes halogenated alkanes) is 1. The second-order valence-corrected chi connectivity index (χ2v) is 8.86. The van der Waals surface area contributed by atoms with Crippen LogP contribution in [0.3, 0.4) is 0 Å². The van der Waals surface area contributed by atoms with Crippen molar-refractivity contribution < 1.29 is 29.3 Å². The summed E-state index contributed by atoms with van der Waals surface area (Å²) in [6.07, 6.45) is 10.4. The Labute approximate surface area is 219 Å². The van der Waals surface area contributed by atoms with Crippen molar-refractivity contribution >= 4 is 29.4 Å². The topological polar surface area (TPSA) is 133 Å². The monoisotopic (exact) mass is 528 g/mol. The standard InChI is InChI=1S/C22H25ClN4O2.C4H4O4/c23-20-16-29-19-9-2-1-8-18(19)22(28)27(20)14-4-3-12-26-13-5-7-17(15-26)21-24-10-6-11-25-21;5-3(6)1-2-4(7)8/h1-2,6,8-11,16-17H,3-5,7,12-15H2;1-2H,(H,5,6)(H,7,8)/b;2-1+. The van der Waals surface area contributed by atoms with Crippen LogP contribution in [0.4, 0.5) is 0 Å². The van der Waals surface area contributed by atoms with Crippen molar-refractivity contribution in [1.29, 1.82) is 0 Å². The fourth-order valence-electron chi connectivity index (χ4n) is 4.11. The molecule has 0 radical (unpaired) electrons. The number of likely N-dealkylation sites (tertiary alicyclic amines) is 1. The molecule has 2 aliphatic heterocycles. The summed E-state index contributed by atoms with van der Waals surface area (Å²) in [6, 6.07) is 9.09. The zero-order chi connectivity index (χ0) is 26.6. The molecule has 4 rings (SSSR count). The minimum Gasteiger partial charge on any atom is -0.478 e. The Hall–Kier alpha value is -3.76. The number of fused-ring (bicyclic) bond motifs is 1. The number of para-hydroxylation sites is 1. The summed E-state index contributed by atoms with van der Waals surface area (Å²) in [6.45, 7) is 3.67. The summed E-state index contributed by atoms with van der Waals surface area (Å²) >= 11 is 6.30. The molecule has 0 aliphatic carbocycles. The van der Waals surface area contributed by atoms with Crippen molar-refractivity contribution in [2.24, 2.45) is 0 Å². The number of hydrogen-bond donors (Lipinski definition) is 2. The van der Waals surface area contributed by atoms with Gasteiger partial charge in [0, 0.05) is 43.6 Å². The van der Waals surface area contributed by atoms with E-state index in [4.69, 9.17) is 26.6 Å². The van der Waals surface area contributed by atoms with Crippen LogP contribution in [0.25, 0.3) is 0 Å². The molecule has 2 aromatic rings. The van der Waals surface area contributed by atoms with Crippen LogP contribution in [-0.2, 0) is 9.59 Å². The van der Waals surface area contributed by atoms with Crippen LogP contribution in [-0.4, -0.2) is 74.0 Å². The molecule has 1 amide bonds. The summed E-state index contributed by atoms with van der Waals surface area (Å²) in [5.74, 6) is -0.731. The van der Waals surface area contributed by atoms with Crippen molar-refractivity contribution in [3.8, 4) is 5.75 Å². The number of carbonyl (C=O) groups is 3. The molecule has 11 heteroatoms. The maximum absolute atomic E-state index is 12.8. The molecule has 0 bridgehead atoms. The SMILES string of the molecule is O=C(O)/C=C/C(=O)O.O=C1c2ccccc2OC=C(Cl)N1CCCCN1CCCC(c2ncccn2)C1. The maximum Gasteiger partial charge on any atom is 0.328 e. The third kappa shape index (κ3) is 8.69. The summed E-state index contributed by atoms with van der Waals surface area (Å²) in [4.78, 5) is 44.9. The number of amides is 1. The maximum atomic E-state index is 12.8. The van der Waals surface area contributed by atoms with Gasteiger partial charge in [0.2, 0.25) is 0 Å². The zero-order valence-corrected chi connectivity index (χ0v) is 21.0. The number of aromatic nitrogens is 2.